The number of aromatic amines is 2. The number of H-pyrrole nitrogens is 2. The number of hydrogen-bond donors (Lipinski definition) is 2. The second-order valence-electron chi connectivity index (χ2n) is 5.24. The van der Waals surface area contributed by atoms with Gasteiger partial charge in [0.25, 0.3) is 5.56 Å². The third kappa shape index (κ3) is 6.19. The summed E-state index contributed by atoms with van der Waals surface area (Å²) in [5, 5.41) is 0. The van der Waals surface area contributed by atoms with Crippen molar-refractivity contribution in [3.05, 3.63) is 26.4 Å². The molecule has 0 amide bonds. The van der Waals surface area contributed by atoms with E-state index in [9.17, 15) is 4.79 Å². The highest BCUT2D eigenvalue weighted by atomic mass is 32.1. The van der Waals surface area contributed by atoms with Crippen molar-refractivity contribution in [3.8, 4) is 0 Å². The van der Waals surface area contributed by atoms with E-state index in [1.807, 2.05) is 6.92 Å². The molecule has 1 aromatic heterocycles. The summed E-state index contributed by atoms with van der Waals surface area (Å²) >= 11 is 4.94. The lowest BCUT2D eigenvalue weighted by Crippen LogP contribution is -2.16. The first-order valence-corrected chi connectivity index (χ1v) is 7.88. The van der Waals surface area contributed by atoms with E-state index in [2.05, 4.69) is 16.9 Å². The summed E-state index contributed by atoms with van der Waals surface area (Å²) in [5.41, 5.74) is 1.75. The monoisotopic (exact) mass is 282 g/mol. The van der Waals surface area contributed by atoms with Crippen molar-refractivity contribution in [1.29, 1.82) is 0 Å². The predicted molar refractivity (Wildman–Crippen MR) is 83.3 cm³/mol. The number of rotatable bonds is 9. The molecule has 108 valence electrons. The molecule has 0 atom stereocenters. The summed E-state index contributed by atoms with van der Waals surface area (Å²) < 4.78 is 0.419. The van der Waals surface area contributed by atoms with Crippen molar-refractivity contribution in [2.24, 2.45) is 0 Å². The molecule has 0 aliphatic rings. The largest absolute Gasteiger partial charge is 0.336 e. The fourth-order valence-electron chi connectivity index (χ4n) is 2.36. The zero-order valence-corrected chi connectivity index (χ0v) is 13.0. The van der Waals surface area contributed by atoms with Gasteiger partial charge < -0.3 is 4.98 Å². The molecule has 0 bridgehead atoms. The van der Waals surface area contributed by atoms with Crippen molar-refractivity contribution < 1.29 is 0 Å². The first-order chi connectivity index (χ1) is 9.15. The van der Waals surface area contributed by atoms with Crippen LogP contribution in [0.3, 0.4) is 0 Å². The van der Waals surface area contributed by atoms with Crippen LogP contribution in [-0.4, -0.2) is 9.97 Å². The lowest BCUT2D eigenvalue weighted by atomic mass is 10.0. The van der Waals surface area contributed by atoms with Gasteiger partial charge in [0, 0.05) is 11.3 Å². The van der Waals surface area contributed by atoms with E-state index >= 15 is 0 Å². The summed E-state index contributed by atoms with van der Waals surface area (Å²) in [5.74, 6) is 0. The molecule has 1 heterocycles. The standard InChI is InChI=1S/C15H26N2OS/c1-3-4-5-6-7-8-9-10-11-13-12(2)16-15(19)17-14(13)18/h3-11H2,1-2H3,(H2,16,17,18,19). The highest BCUT2D eigenvalue weighted by Gasteiger charge is 2.04. The lowest BCUT2D eigenvalue weighted by molar-refractivity contribution is 0.574. The Balaban J connectivity index is 2.23. The smallest absolute Gasteiger partial charge is 0.255 e. The molecular weight excluding hydrogens is 256 g/mol. The van der Waals surface area contributed by atoms with Crippen molar-refractivity contribution in [2.45, 2.75) is 71.6 Å². The van der Waals surface area contributed by atoms with Crippen LogP contribution in [0.25, 0.3) is 0 Å². The molecule has 0 spiro atoms. The second-order valence-corrected chi connectivity index (χ2v) is 5.64. The molecule has 1 rings (SSSR count). The Kier molecular flexibility index (Phi) is 7.72. The van der Waals surface area contributed by atoms with Gasteiger partial charge in [0.15, 0.2) is 4.77 Å². The predicted octanol–water partition coefficient (Wildman–Crippen LogP) is 4.42. The minimum absolute atomic E-state index is 0.0239. The van der Waals surface area contributed by atoms with E-state index in [-0.39, 0.29) is 5.56 Å². The maximum absolute atomic E-state index is 11.8. The normalized spacial score (nSPS) is 10.8. The van der Waals surface area contributed by atoms with E-state index < -0.39 is 0 Å². The average molecular weight is 282 g/mol. The molecule has 4 heteroatoms. The second kappa shape index (κ2) is 9.08. The molecule has 0 unspecified atom stereocenters. The Morgan fingerprint density at radius 2 is 1.53 bits per heavy atom. The van der Waals surface area contributed by atoms with Gasteiger partial charge in [-0.15, -0.1) is 0 Å². The van der Waals surface area contributed by atoms with Crippen LogP contribution in [0.15, 0.2) is 4.79 Å². The SMILES string of the molecule is CCCCCCCCCCc1c(C)[nH]c(=S)[nH]c1=O. The Morgan fingerprint density at radius 1 is 0.947 bits per heavy atom. The van der Waals surface area contributed by atoms with Gasteiger partial charge in [0.2, 0.25) is 0 Å². The van der Waals surface area contributed by atoms with Gasteiger partial charge in [-0.2, -0.15) is 0 Å². The van der Waals surface area contributed by atoms with Gasteiger partial charge in [-0.25, -0.2) is 0 Å². The lowest BCUT2D eigenvalue weighted by Gasteiger charge is -2.05. The maximum atomic E-state index is 11.8. The first kappa shape index (κ1) is 16.2. The van der Waals surface area contributed by atoms with Crippen LogP contribution in [0.5, 0.6) is 0 Å². The highest BCUT2D eigenvalue weighted by Crippen LogP contribution is 2.10. The van der Waals surface area contributed by atoms with Gasteiger partial charge in [-0.1, -0.05) is 51.9 Å². The number of hydrogen-bond acceptors (Lipinski definition) is 2. The number of nitrogens with one attached hydrogen (secondary N) is 2. The summed E-state index contributed by atoms with van der Waals surface area (Å²) in [7, 11) is 0. The van der Waals surface area contributed by atoms with Crippen LogP contribution in [0.2, 0.25) is 0 Å². The maximum Gasteiger partial charge on any atom is 0.255 e. The highest BCUT2D eigenvalue weighted by molar-refractivity contribution is 7.71. The third-order valence-corrected chi connectivity index (χ3v) is 3.74. The number of aromatic nitrogens is 2. The minimum Gasteiger partial charge on any atom is -0.336 e. The Bertz CT molecular complexity index is 476. The van der Waals surface area contributed by atoms with E-state index in [0.717, 1.165) is 24.1 Å². The van der Waals surface area contributed by atoms with Crippen LogP contribution in [-0.2, 0) is 6.42 Å². The van der Waals surface area contributed by atoms with Crippen LogP contribution < -0.4 is 5.56 Å². The zero-order valence-electron chi connectivity index (χ0n) is 12.2. The Hall–Kier alpha value is -0.900. The minimum atomic E-state index is -0.0239. The Labute approximate surface area is 120 Å². The molecule has 0 aliphatic heterocycles. The molecule has 0 fully saturated rings. The molecule has 0 radical (unpaired) electrons. The number of aryl methyl sites for hydroxylation is 1. The average Bonchev–Trinajstić information content (AvgIpc) is 2.35. The fraction of sp³-hybridized carbons (Fsp3) is 0.733. The van der Waals surface area contributed by atoms with Crippen molar-refractivity contribution >= 4 is 12.2 Å². The van der Waals surface area contributed by atoms with Gasteiger partial charge in [-0.05, 0) is 32.0 Å². The molecule has 0 saturated heterocycles. The van der Waals surface area contributed by atoms with Gasteiger partial charge in [0.05, 0.1) is 0 Å². The Morgan fingerprint density at radius 3 is 2.11 bits per heavy atom. The molecule has 2 N–H and O–H groups in total. The summed E-state index contributed by atoms with van der Waals surface area (Å²) in [6, 6.07) is 0. The first-order valence-electron chi connectivity index (χ1n) is 7.47. The summed E-state index contributed by atoms with van der Waals surface area (Å²) in [6.45, 7) is 4.16. The molecule has 3 nitrogen and oxygen atoms in total. The fourth-order valence-corrected chi connectivity index (χ4v) is 2.61. The molecule has 0 saturated carbocycles. The van der Waals surface area contributed by atoms with Crippen LogP contribution in [0.4, 0.5) is 0 Å². The molecule has 1 aromatic rings. The van der Waals surface area contributed by atoms with E-state index in [1.54, 1.807) is 0 Å². The summed E-state index contributed by atoms with van der Waals surface area (Å²) in [4.78, 5) is 17.4. The van der Waals surface area contributed by atoms with Crippen molar-refractivity contribution in [1.82, 2.24) is 9.97 Å². The van der Waals surface area contributed by atoms with Gasteiger partial charge in [0.1, 0.15) is 0 Å². The van der Waals surface area contributed by atoms with Crippen molar-refractivity contribution in [2.75, 3.05) is 0 Å². The quantitative estimate of drug-likeness (QED) is 0.520. The van der Waals surface area contributed by atoms with Gasteiger partial charge >= 0.3 is 0 Å². The number of unbranched alkanes of at least 4 members (excludes halogenated alkanes) is 7. The molecule has 19 heavy (non-hydrogen) atoms. The van der Waals surface area contributed by atoms with Crippen LogP contribution in [0, 0.1) is 11.7 Å². The van der Waals surface area contributed by atoms with E-state index in [0.29, 0.717) is 4.77 Å². The van der Waals surface area contributed by atoms with E-state index in [1.165, 1.54) is 44.9 Å². The zero-order chi connectivity index (χ0) is 14.1. The summed E-state index contributed by atoms with van der Waals surface area (Å²) in [6.07, 6.45) is 11.1. The molecule has 0 aromatic carbocycles. The van der Waals surface area contributed by atoms with Crippen molar-refractivity contribution in [3.63, 3.8) is 0 Å². The molecular formula is C15H26N2OS. The third-order valence-electron chi connectivity index (χ3n) is 3.54. The van der Waals surface area contributed by atoms with Gasteiger partial charge in [-0.3, -0.25) is 9.78 Å². The molecule has 0 aliphatic carbocycles. The van der Waals surface area contributed by atoms with Crippen LogP contribution >= 0.6 is 12.2 Å². The topological polar surface area (TPSA) is 48.6 Å². The van der Waals surface area contributed by atoms with Crippen LogP contribution in [0.1, 0.15) is 69.5 Å². The van der Waals surface area contributed by atoms with E-state index in [4.69, 9.17) is 12.2 Å².